The molecule has 2 nitrogen and oxygen atoms in total. The number of hydrogen-bond donors (Lipinski definition) is 2. The van der Waals surface area contributed by atoms with E-state index in [2.05, 4.69) is 53.4 Å². The van der Waals surface area contributed by atoms with Crippen molar-refractivity contribution in [3.8, 4) is 0 Å². The summed E-state index contributed by atoms with van der Waals surface area (Å²) in [4.78, 5) is 0. The lowest BCUT2D eigenvalue weighted by Crippen LogP contribution is -2.66. The molecule has 5 fully saturated rings. The highest BCUT2D eigenvalue weighted by Crippen LogP contribution is 2.76. The quantitative estimate of drug-likeness (QED) is 0.453. The zero-order valence-corrected chi connectivity index (χ0v) is 22.0. The molecule has 9 atom stereocenters. The van der Waals surface area contributed by atoms with Crippen molar-refractivity contribution < 1.29 is 5.11 Å². The van der Waals surface area contributed by atoms with Gasteiger partial charge in [-0.1, -0.05) is 32.9 Å². The number of allylic oxidation sites excluding steroid dienone is 1. The van der Waals surface area contributed by atoms with Gasteiger partial charge < -0.3 is 10.4 Å². The second kappa shape index (κ2) is 7.33. The summed E-state index contributed by atoms with van der Waals surface area (Å²) < 4.78 is 0. The second-order valence-corrected chi connectivity index (χ2v) is 14.5. The SMILES string of the molecule is C=C(C)[C@@H]1CC[C@]2(CO)CC[C@]3(C)[C@H](CC[C@@H]4[C@@]5(C)CCCNC(C)(C)C5CC[C@]43C)[C@@H]12. The van der Waals surface area contributed by atoms with E-state index in [1.807, 2.05) is 0 Å². The fourth-order valence-corrected chi connectivity index (χ4v) is 11.5. The van der Waals surface area contributed by atoms with Crippen LogP contribution in [0.5, 0.6) is 0 Å². The first kappa shape index (κ1) is 23.4. The maximum atomic E-state index is 10.7. The molecule has 0 aromatic heterocycles. The smallest absolute Gasteiger partial charge is 0.0490 e. The van der Waals surface area contributed by atoms with Gasteiger partial charge in [0, 0.05) is 12.1 Å². The van der Waals surface area contributed by atoms with Crippen LogP contribution >= 0.6 is 0 Å². The van der Waals surface area contributed by atoms with Gasteiger partial charge in [-0.2, -0.15) is 0 Å². The van der Waals surface area contributed by atoms with Crippen molar-refractivity contribution in [1.29, 1.82) is 0 Å². The molecular weight excluding hydrogens is 390 g/mol. The zero-order valence-electron chi connectivity index (χ0n) is 22.0. The highest BCUT2D eigenvalue weighted by Gasteiger charge is 2.69. The third-order valence-electron chi connectivity index (χ3n) is 13.2. The molecule has 1 unspecified atom stereocenters. The highest BCUT2D eigenvalue weighted by atomic mass is 16.3. The van der Waals surface area contributed by atoms with Crippen LogP contribution in [-0.2, 0) is 0 Å². The Bertz CT molecular complexity index is 773. The predicted molar refractivity (Wildman–Crippen MR) is 134 cm³/mol. The van der Waals surface area contributed by atoms with E-state index < -0.39 is 0 Å². The van der Waals surface area contributed by atoms with E-state index in [9.17, 15) is 5.11 Å². The first-order valence-corrected chi connectivity index (χ1v) is 14.0. The predicted octanol–water partition coefficient (Wildman–Crippen LogP) is 6.98. The summed E-state index contributed by atoms with van der Waals surface area (Å²) in [6.07, 6.45) is 13.3. The minimum Gasteiger partial charge on any atom is -0.396 e. The molecule has 4 aliphatic carbocycles. The van der Waals surface area contributed by atoms with Gasteiger partial charge in [0.25, 0.3) is 0 Å². The minimum atomic E-state index is 0.173. The Morgan fingerprint density at radius 1 is 0.875 bits per heavy atom. The fraction of sp³-hybridized carbons (Fsp3) is 0.933. The van der Waals surface area contributed by atoms with Crippen LogP contribution in [0.25, 0.3) is 0 Å². The molecule has 0 amide bonds. The van der Waals surface area contributed by atoms with E-state index in [0.717, 1.165) is 17.8 Å². The van der Waals surface area contributed by atoms with Crippen LogP contribution < -0.4 is 5.32 Å². The van der Waals surface area contributed by atoms with E-state index in [0.29, 0.717) is 34.7 Å². The molecule has 0 aromatic rings. The molecule has 5 aliphatic rings. The lowest BCUT2D eigenvalue weighted by molar-refractivity contribution is -0.226. The van der Waals surface area contributed by atoms with Crippen LogP contribution in [0.4, 0.5) is 0 Å². The number of nitrogens with one attached hydrogen (secondary N) is 1. The Balaban J connectivity index is 1.56. The van der Waals surface area contributed by atoms with Crippen molar-refractivity contribution in [3.05, 3.63) is 12.2 Å². The number of hydrogen-bond acceptors (Lipinski definition) is 2. The van der Waals surface area contributed by atoms with E-state index in [4.69, 9.17) is 0 Å². The molecule has 5 rings (SSSR count). The first-order chi connectivity index (χ1) is 15.0. The molecule has 1 aliphatic heterocycles. The number of aliphatic hydroxyl groups excluding tert-OH is 1. The van der Waals surface area contributed by atoms with Gasteiger partial charge in [0.1, 0.15) is 0 Å². The molecule has 2 N–H and O–H groups in total. The summed E-state index contributed by atoms with van der Waals surface area (Å²) >= 11 is 0. The van der Waals surface area contributed by atoms with Crippen LogP contribution in [0.15, 0.2) is 12.2 Å². The van der Waals surface area contributed by atoms with Crippen LogP contribution in [-0.4, -0.2) is 23.8 Å². The van der Waals surface area contributed by atoms with Gasteiger partial charge in [-0.15, -0.1) is 0 Å². The van der Waals surface area contributed by atoms with Crippen molar-refractivity contribution in [2.45, 2.75) is 111 Å². The van der Waals surface area contributed by atoms with Gasteiger partial charge in [0.15, 0.2) is 0 Å². The molecule has 0 bridgehead atoms. The summed E-state index contributed by atoms with van der Waals surface area (Å²) in [5.41, 5.74) is 3.07. The molecule has 182 valence electrons. The number of aliphatic hydroxyl groups is 1. The normalized spacial score (nSPS) is 54.5. The topological polar surface area (TPSA) is 32.3 Å². The molecule has 1 saturated heterocycles. The van der Waals surface area contributed by atoms with Gasteiger partial charge >= 0.3 is 0 Å². The van der Waals surface area contributed by atoms with Crippen molar-refractivity contribution in [2.75, 3.05) is 13.2 Å². The monoisotopic (exact) mass is 441 g/mol. The standard InChI is InChI=1S/C30H51NO/c1-20(2)21-11-15-30(19-32)17-16-28(6)22(25(21)30)9-10-24-27(5)13-8-18-31-26(3,4)23(27)12-14-29(24,28)7/h21-25,31-32H,1,8-19H2,2-7H3/t21-,22+,23?,24+,25+,27-,28+,29+,30+/m0/s1. The highest BCUT2D eigenvalue weighted by molar-refractivity contribution is 5.21. The van der Waals surface area contributed by atoms with Crippen molar-refractivity contribution in [3.63, 3.8) is 0 Å². The van der Waals surface area contributed by atoms with Crippen molar-refractivity contribution >= 4 is 0 Å². The Labute approximate surface area is 198 Å². The average molecular weight is 442 g/mol. The van der Waals surface area contributed by atoms with Gasteiger partial charge in [-0.05, 0) is 143 Å². The van der Waals surface area contributed by atoms with Gasteiger partial charge in [-0.3, -0.25) is 0 Å². The molecule has 0 radical (unpaired) electrons. The second-order valence-electron chi connectivity index (χ2n) is 14.5. The largest absolute Gasteiger partial charge is 0.396 e. The van der Waals surface area contributed by atoms with Crippen LogP contribution in [0.1, 0.15) is 106 Å². The molecule has 1 heterocycles. The molecule has 2 heteroatoms. The van der Waals surface area contributed by atoms with Gasteiger partial charge in [0.05, 0.1) is 0 Å². The number of rotatable bonds is 2. The van der Waals surface area contributed by atoms with Crippen LogP contribution in [0.3, 0.4) is 0 Å². The summed E-state index contributed by atoms with van der Waals surface area (Å²) in [6.45, 7) is 21.4. The van der Waals surface area contributed by atoms with E-state index in [1.54, 1.807) is 0 Å². The maximum absolute atomic E-state index is 10.7. The number of fused-ring (bicyclic) bond motifs is 7. The van der Waals surface area contributed by atoms with Gasteiger partial charge in [0.2, 0.25) is 0 Å². The lowest BCUT2D eigenvalue weighted by Gasteiger charge is -2.71. The molecule has 0 aromatic carbocycles. The fourth-order valence-electron chi connectivity index (χ4n) is 11.5. The Kier molecular flexibility index (Phi) is 5.36. The maximum Gasteiger partial charge on any atom is 0.0490 e. The van der Waals surface area contributed by atoms with E-state index >= 15 is 0 Å². The third kappa shape index (κ3) is 2.84. The summed E-state index contributed by atoms with van der Waals surface area (Å²) in [6, 6.07) is 0. The molecular formula is C30H51NO. The Morgan fingerprint density at radius 3 is 2.31 bits per heavy atom. The van der Waals surface area contributed by atoms with Crippen molar-refractivity contribution in [2.24, 2.45) is 51.2 Å². The zero-order chi connectivity index (χ0) is 23.2. The summed E-state index contributed by atoms with van der Waals surface area (Å²) in [5.74, 6) is 3.65. The van der Waals surface area contributed by atoms with Crippen LogP contribution in [0, 0.1) is 51.2 Å². The Morgan fingerprint density at radius 2 is 1.62 bits per heavy atom. The molecule has 0 spiro atoms. The van der Waals surface area contributed by atoms with Crippen LogP contribution in [0.2, 0.25) is 0 Å². The van der Waals surface area contributed by atoms with Crippen molar-refractivity contribution in [1.82, 2.24) is 5.32 Å². The van der Waals surface area contributed by atoms with Gasteiger partial charge in [-0.25, -0.2) is 0 Å². The Hall–Kier alpha value is -0.340. The first-order valence-electron chi connectivity index (χ1n) is 14.0. The van der Waals surface area contributed by atoms with E-state index in [-0.39, 0.29) is 11.0 Å². The minimum absolute atomic E-state index is 0.173. The summed E-state index contributed by atoms with van der Waals surface area (Å²) in [5, 5.41) is 14.6. The molecule has 32 heavy (non-hydrogen) atoms. The summed E-state index contributed by atoms with van der Waals surface area (Å²) in [7, 11) is 0. The third-order valence-corrected chi connectivity index (χ3v) is 13.2. The lowest BCUT2D eigenvalue weighted by atomic mass is 9.33. The van der Waals surface area contributed by atoms with E-state index in [1.165, 1.54) is 76.3 Å². The molecule has 4 saturated carbocycles. The average Bonchev–Trinajstić information content (AvgIpc) is 3.07.